The van der Waals surface area contributed by atoms with Gasteiger partial charge in [-0.15, -0.1) is 0 Å². The molecule has 2 N–H and O–H groups in total. The van der Waals surface area contributed by atoms with Crippen molar-refractivity contribution in [1.82, 2.24) is 15.0 Å². The Hall–Kier alpha value is -2.68. The van der Waals surface area contributed by atoms with Crippen LogP contribution in [0.3, 0.4) is 0 Å². The van der Waals surface area contributed by atoms with Crippen molar-refractivity contribution in [3.8, 4) is 17.3 Å². The third-order valence-corrected chi connectivity index (χ3v) is 6.94. The number of imidazole rings is 1. The highest BCUT2D eigenvalue weighted by Crippen LogP contribution is 2.42. The maximum absolute atomic E-state index is 11.2. The number of halogens is 1. The molecule has 0 unspecified atom stereocenters. The van der Waals surface area contributed by atoms with Crippen molar-refractivity contribution in [3.05, 3.63) is 35.4 Å². The second-order valence-electron chi connectivity index (χ2n) is 9.23. The Balaban J connectivity index is 0.00000133. The Morgan fingerprint density at radius 2 is 1.85 bits per heavy atom. The van der Waals surface area contributed by atoms with Gasteiger partial charge in [0.2, 0.25) is 0 Å². The smallest absolute Gasteiger partial charge is 0.296 e. The number of nitrogens with one attached hydrogen (secondary N) is 1. The summed E-state index contributed by atoms with van der Waals surface area (Å²) < 4.78 is 11.4. The van der Waals surface area contributed by atoms with E-state index in [1.54, 1.807) is 0 Å². The molecule has 2 aromatic heterocycles. The highest BCUT2D eigenvalue weighted by atomic mass is 35.5. The van der Waals surface area contributed by atoms with Crippen LogP contribution < -0.4 is 9.64 Å². The molecule has 3 heterocycles. The molecule has 0 spiro atoms. The fourth-order valence-corrected chi connectivity index (χ4v) is 4.59. The number of aromatic nitrogens is 3. The first kappa shape index (κ1) is 24.4. The highest BCUT2D eigenvalue weighted by molar-refractivity contribution is 6.33. The third-order valence-electron chi connectivity index (χ3n) is 6.65. The molecule has 182 valence electrons. The predicted molar refractivity (Wildman–Crippen MR) is 132 cm³/mol. The molecule has 0 bridgehead atoms. The number of aliphatic hydroxyl groups is 1. The molecule has 1 aromatic carbocycles. The maximum Gasteiger partial charge on any atom is 0.296 e. The number of benzene rings is 1. The summed E-state index contributed by atoms with van der Waals surface area (Å²) in [6.45, 7) is 7.26. The molecular weight excluding hydrogens is 456 g/mol. The summed E-state index contributed by atoms with van der Waals surface area (Å²) in [6.07, 6.45) is 2.79. The van der Waals surface area contributed by atoms with Gasteiger partial charge in [0, 0.05) is 36.9 Å². The van der Waals surface area contributed by atoms with Gasteiger partial charge in [-0.05, 0) is 37.0 Å². The molecule has 0 atom stereocenters. The molecule has 8 nitrogen and oxygen atoms in total. The lowest BCUT2D eigenvalue weighted by molar-refractivity contribution is -0.121. The number of carbonyl (C=O) groups is 1. The Morgan fingerprint density at radius 3 is 2.50 bits per heavy atom. The van der Waals surface area contributed by atoms with Crippen LogP contribution in [0.1, 0.15) is 26.7 Å². The summed E-state index contributed by atoms with van der Waals surface area (Å²) in [7, 11) is 1.00. The van der Waals surface area contributed by atoms with Crippen LogP contribution in [0.5, 0.6) is 6.01 Å². The SMILES string of the molecule is CC(C)(C=O)C1CC(Oc2nc3nc(-c4ccc(N5CCOCC5)cc4)c(Cl)cc3[nH]2)C1.CO. The summed E-state index contributed by atoms with van der Waals surface area (Å²) in [5.41, 5.74) is 3.80. The van der Waals surface area contributed by atoms with Gasteiger partial charge in [-0.1, -0.05) is 37.6 Å². The number of morpholine rings is 1. The van der Waals surface area contributed by atoms with Crippen LogP contribution in [0, 0.1) is 11.3 Å². The molecule has 2 fully saturated rings. The van der Waals surface area contributed by atoms with E-state index in [0.717, 1.165) is 63.6 Å². The van der Waals surface area contributed by atoms with Crippen molar-refractivity contribution >= 4 is 34.7 Å². The van der Waals surface area contributed by atoms with Crippen molar-refractivity contribution < 1.29 is 19.4 Å². The number of aliphatic hydroxyl groups excluding tert-OH is 1. The van der Waals surface area contributed by atoms with E-state index < -0.39 is 0 Å². The molecule has 9 heteroatoms. The minimum atomic E-state index is -0.310. The predicted octanol–water partition coefficient (Wildman–Crippen LogP) is 4.11. The largest absolute Gasteiger partial charge is 0.461 e. The average molecular weight is 487 g/mol. The van der Waals surface area contributed by atoms with E-state index >= 15 is 0 Å². The number of nitrogens with zero attached hydrogens (tertiary/aromatic N) is 3. The number of ether oxygens (including phenoxy) is 2. The Morgan fingerprint density at radius 1 is 1.18 bits per heavy atom. The van der Waals surface area contributed by atoms with E-state index in [-0.39, 0.29) is 11.5 Å². The summed E-state index contributed by atoms with van der Waals surface area (Å²) >= 11 is 6.55. The zero-order chi connectivity index (χ0) is 24.3. The van der Waals surface area contributed by atoms with E-state index in [1.807, 2.05) is 32.0 Å². The van der Waals surface area contributed by atoms with E-state index in [4.69, 9.17) is 31.2 Å². The van der Waals surface area contributed by atoms with Crippen molar-refractivity contribution in [1.29, 1.82) is 0 Å². The molecule has 34 heavy (non-hydrogen) atoms. The maximum atomic E-state index is 11.2. The van der Waals surface area contributed by atoms with Crippen molar-refractivity contribution in [2.75, 3.05) is 38.3 Å². The van der Waals surface area contributed by atoms with Gasteiger partial charge in [0.25, 0.3) is 6.01 Å². The van der Waals surface area contributed by atoms with Gasteiger partial charge in [0.1, 0.15) is 12.4 Å². The first-order valence-corrected chi connectivity index (χ1v) is 11.9. The first-order chi connectivity index (χ1) is 16.4. The van der Waals surface area contributed by atoms with Crippen molar-refractivity contribution in [2.45, 2.75) is 32.8 Å². The van der Waals surface area contributed by atoms with Crippen LogP contribution in [0.25, 0.3) is 22.4 Å². The van der Waals surface area contributed by atoms with Gasteiger partial charge >= 0.3 is 0 Å². The van der Waals surface area contributed by atoms with Gasteiger partial charge in [0.15, 0.2) is 5.65 Å². The van der Waals surface area contributed by atoms with Gasteiger partial charge in [-0.3, -0.25) is 0 Å². The monoisotopic (exact) mass is 486 g/mol. The zero-order valence-corrected chi connectivity index (χ0v) is 20.5. The number of hydrogen-bond acceptors (Lipinski definition) is 7. The second-order valence-corrected chi connectivity index (χ2v) is 9.63. The van der Waals surface area contributed by atoms with Crippen LogP contribution in [0.2, 0.25) is 5.02 Å². The normalized spacial score (nSPS) is 20.3. The molecule has 1 saturated heterocycles. The number of anilines is 1. The van der Waals surface area contributed by atoms with Gasteiger partial charge in [0.05, 0.1) is 29.4 Å². The van der Waals surface area contributed by atoms with Crippen LogP contribution in [0.15, 0.2) is 30.3 Å². The average Bonchev–Trinajstić information content (AvgIpc) is 3.23. The van der Waals surface area contributed by atoms with E-state index in [9.17, 15) is 4.79 Å². The minimum Gasteiger partial charge on any atom is -0.461 e. The Kier molecular flexibility index (Phi) is 7.40. The summed E-state index contributed by atoms with van der Waals surface area (Å²) in [5, 5.41) is 7.56. The third kappa shape index (κ3) is 5.04. The molecule has 5 rings (SSSR count). The number of pyridine rings is 1. The summed E-state index contributed by atoms with van der Waals surface area (Å²) in [4.78, 5) is 25.9. The molecule has 3 aromatic rings. The molecule has 0 amide bonds. The van der Waals surface area contributed by atoms with E-state index in [2.05, 4.69) is 27.0 Å². The van der Waals surface area contributed by atoms with Gasteiger partial charge in [-0.25, -0.2) is 4.98 Å². The number of hydrogen-bond donors (Lipinski definition) is 2. The van der Waals surface area contributed by atoms with Crippen LogP contribution in [-0.4, -0.2) is 65.9 Å². The molecular formula is C25H31ClN4O4. The quantitative estimate of drug-likeness (QED) is 0.506. The Labute approximate surface area is 204 Å². The minimum absolute atomic E-state index is 0.0578. The topological polar surface area (TPSA) is 101 Å². The van der Waals surface area contributed by atoms with Crippen LogP contribution >= 0.6 is 11.6 Å². The van der Waals surface area contributed by atoms with Crippen LogP contribution in [0.4, 0.5) is 5.69 Å². The lowest BCUT2D eigenvalue weighted by Crippen LogP contribution is -2.42. The molecule has 1 saturated carbocycles. The van der Waals surface area contributed by atoms with E-state index in [1.165, 1.54) is 5.69 Å². The number of carbonyl (C=O) groups excluding carboxylic acids is 1. The fourth-order valence-electron chi connectivity index (χ4n) is 4.33. The first-order valence-electron chi connectivity index (χ1n) is 11.5. The number of aromatic amines is 1. The fraction of sp³-hybridized carbons (Fsp3) is 0.480. The van der Waals surface area contributed by atoms with Crippen molar-refractivity contribution in [3.63, 3.8) is 0 Å². The van der Waals surface area contributed by atoms with Gasteiger partial charge in [-0.2, -0.15) is 4.98 Å². The molecule has 2 aliphatic rings. The Bertz CT molecular complexity index is 1120. The summed E-state index contributed by atoms with van der Waals surface area (Å²) in [6, 6.07) is 10.5. The van der Waals surface area contributed by atoms with E-state index in [0.29, 0.717) is 28.3 Å². The molecule has 1 aliphatic heterocycles. The van der Waals surface area contributed by atoms with Crippen LogP contribution in [-0.2, 0) is 9.53 Å². The lowest BCUT2D eigenvalue weighted by Gasteiger charge is -2.41. The van der Waals surface area contributed by atoms with Gasteiger partial charge < -0.3 is 29.3 Å². The highest BCUT2D eigenvalue weighted by Gasteiger charge is 2.41. The lowest BCUT2D eigenvalue weighted by atomic mass is 9.66. The number of aldehydes is 1. The standard InChI is InChI=1S/C24H27ClN4O3.CH4O/c1-24(2,14-30)16-11-18(12-16)32-23-26-20-13-19(25)21(27-22(20)28-23)15-3-5-17(6-4-15)29-7-9-31-10-8-29;1-2/h3-6,13-14,16,18H,7-12H2,1-2H3,(H,26,27,28);2H,1H3. The van der Waals surface area contributed by atoms with Crippen molar-refractivity contribution in [2.24, 2.45) is 11.3 Å². The number of fused-ring (bicyclic) bond motifs is 1. The second kappa shape index (κ2) is 10.3. The number of H-pyrrole nitrogens is 1. The molecule has 1 aliphatic carbocycles. The summed E-state index contributed by atoms with van der Waals surface area (Å²) in [5.74, 6) is 0.342. The molecule has 0 radical (unpaired) electrons. The zero-order valence-electron chi connectivity index (χ0n) is 19.8. The number of rotatable bonds is 6.